The first-order valence-electron chi connectivity index (χ1n) is 4.52. The normalized spacial score (nSPS) is 18.2. The van der Waals surface area contributed by atoms with E-state index in [1.165, 1.54) is 12.8 Å². The van der Waals surface area contributed by atoms with E-state index < -0.39 is 0 Å². The Kier molecular flexibility index (Phi) is 2.49. The van der Waals surface area contributed by atoms with E-state index in [2.05, 4.69) is 15.9 Å². The fraction of sp³-hybridized carbons (Fsp3) is 0.364. The maximum absolute atomic E-state index is 10.9. The van der Waals surface area contributed by atoms with Gasteiger partial charge in [0.2, 0.25) is 0 Å². The standard InChI is InChI=1S/C11H11BrO/c12-11-4-2-1-3-9(11)10(7-13)8-5-6-8/h1-4,7-8,10H,5-6H2. The number of halogens is 1. The molecular weight excluding hydrogens is 228 g/mol. The first kappa shape index (κ1) is 8.95. The highest BCUT2D eigenvalue weighted by molar-refractivity contribution is 9.10. The molecule has 1 fully saturated rings. The average molecular weight is 239 g/mol. The molecule has 0 radical (unpaired) electrons. The van der Waals surface area contributed by atoms with E-state index in [1.54, 1.807) is 0 Å². The first-order chi connectivity index (χ1) is 6.33. The highest BCUT2D eigenvalue weighted by atomic mass is 79.9. The van der Waals surface area contributed by atoms with Crippen LogP contribution in [0.1, 0.15) is 24.3 Å². The highest BCUT2D eigenvalue weighted by Crippen LogP contribution is 2.43. The summed E-state index contributed by atoms with van der Waals surface area (Å²) in [6, 6.07) is 7.98. The largest absolute Gasteiger partial charge is 0.303 e. The zero-order valence-electron chi connectivity index (χ0n) is 7.24. The molecule has 1 saturated carbocycles. The number of aldehydes is 1. The summed E-state index contributed by atoms with van der Waals surface area (Å²) >= 11 is 3.47. The van der Waals surface area contributed by atoms with Crippen LogP contribution in [0.5, 0.6) is 0 Å². The van der Waals surface area contributed by atoms with Crippen LogP contribution in [0, 0.1) is 5.92 Å². The van der Waals surface area contributed by atoms with Crippen molar-refractivity contribution in [2.24, 2.45) is 5.92 Å². The lowest BCUT2D eigenvalue weighted by Crippen LogP contribution is -2.03. The van der Waals surface area contributed by atoms with Crippen LogP contribution in [0.15, 0.2) is 28.7 Å². The fourth-order valence-corrected chi connectivity index (χ4v) is 2.19. The summed E-state index contributed by atoms with van der Waals surface area (Å²) in [4.78, 5) is 10.9. The molecule has 0 saturated heterocycles. The molecule has 1 atom stereocenters. The maximum atomic E-state index is 10.9. The Morgan fingerprint density at radius 1 is 1.38 bits per heavy atom. The Morgan fingerprint density at radius 3 is 2.62 bits per heavy atom. The molecular formula is C11H11BrO. The number of hydrogen-bond acceptors (Lipinski definition) is 1. The number of rotatable bonds is 3. The van der Waals surface area contributed by atoms with Gasteiger partial charge in [0, 0.05) is 10.4 Å². The Bertz CT molecular complexity index is 318. The Morgan fingerprint density at radius 2 is 2.08 bits per heavy atom. The van der Waals surface area contributed by atoms with E-state index in [0.29, 0.717) is 5.92 Å². The summed E-state index contributed by atoms with van der Waals surface area (Å²) < 4.78 is 1.05. The SMILES string of the molecule is O=CC(c1ccccc1Br)C1CC1. The molecule has 2 rings (SSSR count). The number of carbonyl (C=O) groups is 1. The number of hydrogen-bond donors (Lipinski definition) is 0. The molecule has 0 bridgehead atoms. The number of carbonyl (C=O) groups excluding carboxylic acids is 1. The van der Waals surface area contributed by atoms with E-state index in [0.717, 1.165) is 16.3 Å². The second-order valence-electron chi connectivity index (χ2n) is 3.52. The van der Waals surface area contributed by atoms with E-state index in [1.807, 2.05) is 24.3 Å². The van der Waals surface area contributed by atoms with Gasteiger partial charge >= 0.3 is 0 Å². The Balaban J connectivity index is 2.31. The molecule has 0 aromatic heterocycles. The van der Waals surface area contributed by atoms with Crippen molar-refractivity contribution in [1.82, 2.24) is 0 Å². The molecule has 13 heavy (non-hydrogen) atoms. The van der Waals surface area contributed by atoms with E-state index in [4.69, 9.17) is 0 Å². The van der Waals surface area contributed by atoms with Gasteiger partial charge in [-0.25, -0.2) is 0 Å². The van der Waals surface area contributed by atoms with Gasteiger partial charge in [-0.05, 0) is 30.4 Å². The van der Waals surface area contributed by atoms with Crippen LogP contribution >= 0.6 is 15.9 Å². The quantitative estimate of drug-likeness (QED) is 0.740. The van der Waals surface area contributed by atoms with E-state index in [-0.39, 0.29) is 5.92 Å². The van der Waals surface area contributed by atoms with Crippen LogP contribution in [0.25, 0.3) is 0 Å². The van der Waals surface area contributed by atoms with Crippen molar-refractivity contribution >= 4 is 22.2 Å². The van der Waals surface area contributed by atoms with Gasteiger partial charge in [-0.3, -0.25) is 0 Å². The molecule has 2 heteroatoms. The van der Waals surface area contributed by atoms with Gasteiger partial charge in [-0.2, -0.15) is 0 Å². The molecule has 1 unspecified atom stereocenters. The van der Waals surface area contributed by atoms with Crippen molar-refractivity contribution in [3.8, 4) is 0 Å². The monoisotopic (exact) mass is 238 g/mol. The van der Waals surface area contributed by atoms with Crippen molar-refractivity contribution in [3.63, 3.8) is 0 Å². The summed E-state index contributed by atoms with van der Waals surface area (Å²) in [6.45, 7) is 0. The summed E-state index contributed by atoms with van der Waals surface area (Å²) in [7, 11) is 0. The lowest BCUT2D eigenvalue weighted by atomic mass is 9.96. The maximum Gasteiger partial charge on any atom is 0.127 e. The minimum absolute atomic E-state index is 0.107. The molecule has 68 valence electrons. The van der Waals surface area contributed by atoms with Crippen LogP contribution in [0.2, 0.25) is 0 Å². The molecule has 1 aliphatic rings. The van der Waals surface area contributed by atoms with Gasteiger partial charge < -0.3 is 4.79 Å². The second kappa shape index (κ2) is 3.62. The van der Waals surface area contributed by atoms with E-state index in [9.17, 15) is 4.79 Å². The van der Waals surface area contributed by atoms with Crippen molar-refractivity contribution in [2.45, 2.75) is 18.8 Å². The van der Waals surface area contributed by atoms with Crippen molar-refractivity contribution in [2.75, 3.05) is 0 Å². The lowest BCUT2D eigenvalue weighted by Gasteiger charge is -2.10. The van der Waals surface area contributed by atoms with Gasteiger partial charge in [0.15, 0.2) is 0 Å². The van der Waals surface area contributed by atoms with Crippen LogP contribution in [-0.2, 0) is 4.79 Å². The topological polar surface area (TPSA) is 17.1 Å². The molecule has 1 aliphatic carbocycles. The predicted molar refractivity (Wildman–Crippen MR) is 55.7 cm³/mol. The zero-order chi connectivity index (χ0) is 9.26. The molecule has 0 aliphatic heterocycles. The van der Waals surface area contributed by atoms with Crippen LogP contribution < -0.4 is 0 Å². The Labute approximate surface area is 86.3 Å². The van der Waals surface area contributed by atoms with Crippen molar-refractivity contribution in [3.05, 3.63) is 34.3 Å². The predicted octanol–water partition coefficient (Wildman–Crippen LogP) is 3.14. The van der Waals surface area contributed by atoms with Crippen LogP contribution in [-0.4, -0.2) is 6.29 Å². The minimum atomic E-state index is 0.107. The van der Waals surface area contributed by atoms with Crippen molar-refractivity contribution < 1.29 is 4.79 Å². The van der Waals surface area contributed by atoms with Gasteiger partial charge in [0.05, 0.1) is 0 Å². The average Bonchev–Trinajstić information content (AvgIpc) is 2.93. The molecule has 0 heterocycles. The zero-order valence-corrected chi connectivity index (χ0v) is 8.83. The van der Waals surface area contributed by atoms with Gasteiger partial charge in [-0.1, -0.05) is 34.1 Å². The van der Waals surface area contributed by atoms with Gasteiger partial charge in [-0.15, -0.1) is 0 Å². The molecule has 0 N–H and O–H groups in total. The van der Waals surface area contributed by atoms with Crippen LogP contribution in [0.4, 0.5) is 0 Å². The summed E-state index contributed by atoms with van der Waals surface area (Å²) in [5.74, 6) is 0.701. The summed E-state index contributed by atoms with van der Waals surface area (Å²) in [5.41, 5.74) is 1.14. The van der Waals surface area contributed by atoms with Gasteiger partial charge in [0.1, 0.15) is 6.29 Å². The number of benzene rings is 1. The molecule has 1 aromatic rings. The summed E-state index contributed by atoms with van der Waals surface area (Å²) in [5, 5.41) is 0. The highest BCUT2D eigenvalue weighted by Gasteiger charge is 2.32. The third kappa shape index (κ3) is 1.83. The Hall–Kier alpha value is -0.630. The lowest BCUT2D eigenvalue weighted by molar-refractivity contribution is -0.109. The smallest absolute Gasteiger partial charge is 0.127 e. The third-order valence-electron chi connectivity index (χ3n) is 2.54. The fourth-order valence-electron chi connectivity index (χ4n) is 1.64. The molecule has 0 spiro atoms. The molecule has 0 amide bonds. The van der Waals surface area contributed by atoms with Gasteiger partial charge in [0.25, 0.3) is 0 Å². The summed E-state index contributed by atoms with van der Waals surface area (Å²) in [6.07, 6.45) is 3.48. The van der Waals surface area contributed by atoms with Crippen molar-refractivity contribution in [1.29, 1.82) is 0 Å². The second-order valence-corrected chi connectivity index (χ2v) is 4.38. The van der Waals surface area contributed by atoms with Crippen LogP contribution in [0.3, 0.4) is 0 Å². The third-order valence-corrected chi connectivity index (χ3v) is 3.26. The first-order valence-corrected chi connectivity index (χ1v) is 5.32. The molecule has 1 aromatic carbocycles. The molecule has 1 nitrogen and oxygen atoms in total. The van der Waals surface area contributed by atoms with E-state index >= 15 is 0 Å². The minimum Gasteiger partial charge on any atom is -0.303 e.